The van der Waals surface area contributed by atoms with E-state index in [1.165, 1.54) is 33.1 Å². The molecule has 14 atom stereocenters. The summed E-state index contributed by atoms with van der Waals surface area (Å²) in [5, 5.41) is 76.1. The van der Waals surface area contributed by atoms with Gasteiger partial charge in [0.15, 0.2) is 36.3 Å². The maximum atomic E-state index is 14.0. The highest BCUT2D eigenvalue weighted by molar-refractivity contribution is 6.39. The van der Waals surface area contributed by atoms with E-state index in [1.807, 2.05) is 32.9 Å². The summed E-state index contributed by atoms with van der Waals surface area (Å²) in [7, 11) is 1.26. The molecule has 0 amide bonds. The van der Waals surface area contributed by atoms with Crippen LogP contribution in [0.1, 0.15) is 111 Å². The summed E-state index contributed by atoms with van der Waals surface area (Å²) in [4.78, 5) is 40.3. The van der Waals surface area contributed by atoms with E-state index in [9.17, 15) is 50.1 Å². The number of benzene rings is 1. The molecule has 0 radical (unpaired) electrons. The van der Waals surface area contributed by atoms with Gasteiger partial charge in [-0.1, -0.05) is 86.9 Å². The third-order valence-corrected chi connectivity index (χ3v) is 13.8. The van der Waals surface area contributed by atoms with Crippen molar-refractivity contribution in [3.63, 3.8) is 0 Å². The van der Waals surface area contributed by atoms with Gasteiger partial charge >= 0.3 is 17.9 Å². The summed E-state index contributed by atoms with van der Waals surface area (Å²) < 4.78 is 47.8. The van der Waals surface area contributed by atoms with Crippen LogP contribution in [0.3, 0.4) is 0 Å². The van der Waals surface area contributed by atoms with E-state index < -0.39 is 144 Å². The van der Waals surface area contributed by atoms with Crippen molar-refractivity contribution in [3.05, 3.63) is 79.9 Å². The van der Waals surface area contributed by atoms with Crippen molar-refractivity contribution in [2.45, 2.75) is 187 Å². The van der Waals surface area contributed by atoms with Crippen LogP contribution in [0.4, 0.5) is 0 Å². The smallest absolute Gasteiger partial charge is 0.342 e. The number of carbonyl (C=O) groups excluding carboxylic acids is 3. The molecule has 18 nitrogen and oxygen atoms in total. The number of aliphatic hydroxyl groups excluding tert-OH is 5. The third kappa shape index (κ3) is 14.7. The van der Waals surface area contributed by atoms with E-state index in [4.69, 9.17) is 61.1 Å². The van der Waals surface area contributed by atoms with Crippen LogP contribution in [0, 0.1) is 11.8 Å². The van der Waals surface area contributed by atoms with Gasteiger partial charge in [-0.25, -0.2) is 9.59 Å². The van der Waals surface area contributed by atoms with Gasteiger partial charge in [0.2, 0.25) is 0 Å². The predicted molar refractivity (Wildman–Crippen MR) is 265 cm³/mol. The van der Waals surface area contributed by atoms with Gasteiger partial charge in [0.25, 0.3) is 0 Å². The molecule has 20 heteroatoms. The van der Waals surface area contributed by atoms with Crippen molar-refractivity contribution >= 4 is 41.1 Å². The number of aromatic hydroxyl groups is 2. The molecule has 1 aromatic rings. The Hall–Kier alpha value is -3.89. The van der Waals surface area contributed by atoms with Crippen molar-refractivity contribution in [2.75, 3.05) is 13.7 Å². The molecular formula is C52H74Cl2O18. The quantitative estimate of drug-likeness (QED) is 0.0655. The monoisotopic (exact) mass is 1060 g/mol. The highest BCUT2D eigenvalue weighted by atomic mass is 35.5. The molecule has 2 fully saturated rings. The minimum Gasteiger partial charge on any atom is -0.505 e. The van der Waals surface area contributed by atoms with Gasteiger partial charge in [0, 0.05) is 19.4 Å². The molecule has 72 heavy (non-hydrogen) atoms. The largest absolute Gasteiger partial charge is 0.505 e. The van der Waals surface area contributed by atoms with Crippen LogP contribution in [0.25, 0.3) is 0 Å². The van der Waals surface area contributed by atoms with E-state index in [-0.39, 0.29) is 35.4 Å². The summed E-state index contributed by atoms with van der Waals surface area (Å²) in [6.45, 7) is 18.0. The van der Waals surface area contributed by atoms with Crippen molar-refractivity contribution in [2.24, 2.45) is 11.8 Å². The fourth-order valence-corrected chi connectivity index (χ4v) is 9.08. The number of ether oxygens (including phenoxy) is 8. The Morgan fingerprint density at radius 3 is 2.17 bits per heavy atom. The van der Waals surface area contributed by atoms with Gasteiger partial charge in [-0.2, -0.15) is 0 Å². The molecule has 0 saturated carbocycles. The molecule has 0 bridgehead atoms. The van der Waals surface area contributed by atoms with E-state index in [0.29, 0.717) is 23.1 Å². The molecule has 2 saturated heterocycles. The molecule has 0 unspecified atom stereocenters. The first-order valence-electron chi connectivity index (χ1n) is 24.2. The predicted octanol–water partition coefficient (Wildman–Crippen LogP) is 6.23. The summed E-state index contributed by atoms with van der Waals surface area (Å²) in [5.74, 6) is -4.92. The number of carbonyl (C=O) groups is 3. The highest BCUT2D eigenvalue weighted by Gasteiger charge is 2.53. The average Bonchev–Trinajstić information content (AvgIpc) is 3.32. The minimum atomic E-state index is -1.57. The molecule has 7 N–H and O–H groups in total. The standard InChI is InChI=1S/C52H74Cl2O18/c1-13-30-22-26(6)33(56)18-16-15-17-31(23-66-50-44(65-12)40(59)43(29(9)67-50)69-49(64)35-32(14-2)36(53)39(58)37(54)38(35)57)48(63)68-34(28(8)55)20-19-25(5)21-27(7)42(30)71-51-45(70-47(62)24(3)4)41(60)46(61)52(10,11)72-51/h15-17,19,21-22,24,28-30,33-34,40-46,50-51,55-61H,13-14,18,20,23H2,1-12H3/b16-15-,25-19+,26-22+,27-21+,31-17+/t28-,29-,30+,33+,34+,40+,41-,42+,43-,44+,45+,46+,50-,51-/m1/s1. The maximum Gasteiger partial charge on any atom is 0.342 e. The number of hydrogen-bond donors (Lipinski definition) is 7. The fourth-order valence-electron chi connectivity index (χ4n) is 8.52. The van der Waals surface area contributed by atoms with Crippen LogP contribution in [-0.2, 0) is 53.9 Å². The molecule has 0 aliphatic carbocycles. The average molecular weight is 1060 g/mol. The molecule has 3 heterocycles. The Kier molecular flexibility index (Phi) is 22.4. The molecule has 4 rings (SSSR count). The normalized spacial score (nSPS) is 34.8. The second-order valence-corrected chi connectivity index (χ2v) is 20.1. The molecular weight excluding hydrogens is 983 g/mol. The molecule has 404 valence electrons. The molecule has 0 spiro atoms. The second kappa shape index (κ2) is 26.5. The van der Waals surface area contributed by atoms with Crippen LogP contribution >= 0.6 is 23.2 Å². The first-order valence-corrected chi connectivity index (χ1v) is 24.9. The Morgan fingerprint density at radius 1 is 0.903 bits per heavy atom. The Bertz CT molecular complexity index is 2220. The first-order chi connectivity index (χ1) is 33.7. The number of halogens is 2. The van der Waals surface area contributed by atoms with E-state index in [0.717, 1.165) is 0 Å². The summed E-state index contributed by atoms with van der Waals surface area (Å²) >= 11 is 12.3. The zero-order valence-electron chi connectivity index (χ0n) is 43.0. The van der Waals surface area contributed by atoms with Crippen molar-refractivity contribution in [1.29, 1.82) is 0 Å². The number of esters is 3. The number of aliphatic hydroxyl groups is 5. The first kappa shape index (κ1) is 60.7. The number of methoxy groups -OCH3 is 1. The second-order valence-electron chi connectivity index (χ2n) is 19.4. The maximum absolute atomic E-state index is 14.0. The molecule has 0 aromatic heterocycles. The third-order valence-electron chi connectivity index (χ3n) is 13.0. The van der Waals surface area contributed by atoms with Gasteiger partial charge in [-0.3, -0.25) is 4.79 Å². The van der Waals surface area contributed by atoms with Gasteiger partial charge < -0.3 is 73.6 Å². The SMILES string of the molecule is CCc1c(Cl)c(O)c(Cl)c(O)c1C(=O)O[C@H]1[C@H](O)[C@H](OC)[C@H](OC/C2=C\C=C/C[C@H](O)/C(C)=C/[C@H](CC)[C@@H](O[C@@H]3OC(C)(C)[C@@H](O)[C@H](O)[C@@H]3OC(=O)C(C)C)/C(C)=C/C(C)=C/C[C@@H]([C@@H](C)O)OC2=O)O[C@@H]1C. The summed E-state index contributed by atoms with van der Waals surface area (Å²) in [5.41, 5.74) is 0.279. The van der Waals surface area contributed by atoms with Crippen LogP contribution in [0.2, 0.25) is 10.0 Å². The highest BCUT2D eigenvalue weighted by Crippen LogP contribution is 2.45. The Balaban J connectivity index is 1.64. The van der Waals surface area contributed by atoms with E-state index >= 15 is 0 Å². The van der Waals surface area contributed by atoms with Crippen molar-refractivity contribution < 1.29 is 88.0 Å². The summed E-state index contributed by atoms with van der Waals surface area (Å²) in [6, 6.07) is 0. The van der Waals surface area contributed by atoms with Crippen LogP contribution in [-0.4, -0.2) is 153 Å². The van der Waals surface area contributed by atoms with Crippen LogP contribution < -0.4 is 0 Å². The number of phenolic OH excluding ortho intramolecular Hbond substituents is 2. The fraction of sp³-hybridized carbons (Fsp3) is 0.635. The zero-order chi connectivity index (χ0) is 54.1. The van der Waals surface area contributed by atoms with Gasteiger partial charge in [-0.15, -0.1) is 0 Å². The lowest BCUT2D eigenvalue weighted by Gasteiger charge is -2.47. The topological polar surface area (TPSA) is 267 Å². The Morgan fingerprint density at radius 2 is 1.57 bits per heavy atom. The molecule has 3 aliphatic heterocycles. The number of rotatable bonds is 13. The van der Waals surface area contributed by atoms with Gasteiger partial charge in [0.05, 0.1) is 53.1 Å². The van der Waals surface area contributed by atoms with Gasteiger partial charge in [-0.05, 0) is 90.5 Å². The lowest BCUT2D eigenvalue weighted by atomic mass is 9.88. The lowest BCUT2D eigenvalue weighted by Crippen LogP contribution is -2.64. The van der Waals surface area contributed by atoms with E-state index in [1.54, 1.807) is 53.7 Å². The number of cyclic esters (lactones) is 1. The van der Waals surface area contributed by atoms with Gasteiger partial charge in [0.1, 0.15) is 41.1 Å². The number of hydrogen-bond acceptors (Lipinski definition) is 18. The minimum absolute atomic E-state index is 0.0387. The summed E-state index contributed by atoms with van der Waals surface area (Å²) in [6.07, 6.45) is -5.45. The van der Waals surface area contributed by atoms with Crippen LogP contribution in [0.5, 0.6) is 11.5 Å². The molecule has 1 aromatic carbocycles. The number of phenols is 2. The van der Waals surface area contributed by atoms with Crippen LogP contribution in [0.15, 0.2) is 58.7 Å². The Labute approximate surface area is 431 Å². The lowest BCUT2D eigenvalue weighted by molar-refractivity contribution is -0.333. The number of allylic oxidation sites excluding steroid dienone is 4. The molecule has 3 aliphatic rings. The van der Waals surface area contributed by atoms with E-state index in [2.05, 4.69) is 0 Å². The zero-order valence-corrected chi connectivity index (χ0v) is 44.5. The van der Waals surface area contributed by atoms with Crippen molar-refractivity contribution in [1.82, 2.24) is 0 Å². The van der Waals surface area contributed by atoms with Crippen molar-refractivity contribution in [3.8, 4) is 11.5 Å².